The molecular formula is C29H28ClFN6O2. The summed E-state index contributed by atoms with van der Waals surface area (Å²) in [6.45, 7) is 4.15. The Balaban J connectivity index is 1.23. The number of halogens is 2. The molecule has 2 aliphatic heterocycles. The number of rotatable bonds is 6. The molecule has 0 atom stereocenters. The highest BCUT2D eigenvalue weighted by atomic mass is 35.5. The minimum absolute atomic E-state index is 0.0280. The molecule has 0 unspecified atom stereocenters. The van der Waals surface area contributed by atoms with E-state index in [4.69, 9.17) is 31.3 Å². The molecule has 4 aromatic rings. The lowest BCUT2D eigenvalue weighted by molar-refractivity contribution is -0.133. The molecule has 0 spiro atoms. The fourth-order valence-corrected chi connectivity index (χ4v) is 5.11. The van der Waals surface area contributed by atoms with Crippen molar-refractivity contribution in [1.82, 2.24) is 19.9 Å². The first kappa shape index (κ1) is 25.3. The number of ether oxygens (including phenoxy) is 1. The molecule has 0 bridgehead atoms. The summed E-state index contributed by atoms with van der Waals surface area (Å²) >= 11 is 5.92. The van der Waals surface area contributed by atoms with Crippen LogP contribution in [0.4, 0.5) is 16.2 Å². The Kier molecular flexibility index (Phi) is 7.15. The van der Waals surface area contributed by atoms with E-state index in [1.54, 1.807) is 36.4 Å². The number of carbonyl (C=O) groups is 1. The van der Waals surface area contributed by atoms with Gasteiger partial charge in [0.15, 0.2) is 12.4 Å². The smallest absolute Gasteiger partial charge is 0.260 e. The molecule has 39 heavy (non-hydrogen) atoms. The highest BCUT2D eigenvalue weighted by molar-refractivity contribution is 6.30. The van der Waals surface area contributed by atoms with Gasteiger partial charge in [0.2, 0.25) is 5.95 Å². The van der Waals surface area contributed by atoms with E-state index >= 15 is 0 Å². The minimum Gasteiger partial charge on any atom is -0.484 e. The van der Waals surface area contributed by atoms with E-state index in [0.717, 1.165) is 48.5 Å². The number of piperazine rings is 1. The van der Waals surface area contributed by atoms with E-state index in [9.17, 15) is 9.18 Å². The van der Waals surface area contributed by atoms with Crippen molar-refractivity contribution < 1.29 is 13.9 Å². The van der Waals surface area contributed by atoms with E-state index in [2.05, 4.69) is 9.80 Å². The summed E-state index contributed by atoms with van der Waals surface area (Å²) in [5.74, 6) is 1.73. The molecule has 0 saturated carbocycles. The third-order valence-electron chi connectivity index (χ3n) is 7.15. The molecule has 0 N–H and O–H groups in total. The van der Waals surface area contributed by atoms with Gasteiger partial charge in [0.05, 0.1) is 11.2 Å². The number of hydrogen-bond acceptors (Lipinski definition) is 7. The fraction of sp³-hybridized carbons (Fsp3) is 0.310. The Labute approximate surface area is 231 Å². The predicted molar refractivity (Wildman–Crippen MR) is 150 cm³/mol. The number of carbonyl (C=O) groups excluding carboxylic acids is 1. The molecule has 0 radical (unpaired) electrons. The van der Waals surface area contributed by atoms with Crippen molar-refractivity contribution in [3.05, 3.63) is 71.5 Å². The minimum atomic E-state index is -0.287. The van der Waals surface area contributed by atoms with Crippen LogP contribution < -0.4 is 14.5 Å². The van der Waals surface area contributed by atoms with E-state index in [1.165, 1.54) is 12.1 Å². The van der Waals surface area contributed by atoms with Gasteiger partial charge in [-0.1, -0.05) is 11.6 Å². The van der Waals surface area contributed by atoms with Gasteiger partial charge in [-0.2, -0.15) is 4.98 Å². The molecular weight excluding hydrogens is 519 g/mol. The summed E-state index contributed by atoms with van der Waals surface area (Å²) in [6, 6.07) is 17.1. The van der Waals surface area contributed by atoms with Crippen molar-refractivity contribution in [2.75, 3.05) is 55.7 Å². The second kappa shape index (κ2) is 11.0. The molecule has 6 rings (SSSR count). The van der Waals surface area contributed by atoms with Crippen LogP contribution in [-0.4, -0.2) is 71.6 Å². The summed E-state index contributed by atoms with van der Waals surface area (Å²) in [5.41, 5.74) is 3.02. The standard InChI is InChI=1S/C29H28ClFN6O2/c30-21-5-9-23(10-6-21)39-19-26(38)35-15-17-36(18-16-35)28-27-25(33-29(34-28)37-13-1-2-14-37)12-11-24(32-27)20-3-7-22(31)8-4-20/h3-12H,1-2,13-19H2. The van der Waals surface area contributed by atoms with Crippen LogP contribution in [0.1, 0.15) is 12.8 Å². The van der Waals surface area contributed by atoms with E-state index in [-0.39, 0.29) is 18.3 Å². The molecule has 200 valence electrons. The molecule has 1 amide bonds. The van der Waals surface area contributed by atoms with Crippen LogP contribution in [-0.2, 0) is 4.79 Å². The second-order valence-electron chi connectivity index (χ2n) is 9.72. The number of aromatic nitrogens is 3. The van der Waals surface area contributed by atoms with Crippen LogP contribution >= 0.6 is 11.6 Å². The normalized spacial score (nSPS) is 15.7. The Bertz CT molecular complexity index is 1470. The number of pyridine rings is 1. The average molecular weight is 547 g/mol. The van der Waals surface area contributed by atoms with Gasteiger partial charge in [-0.15, -0.1) is 0 Å². The zero-order valence-electron chi connectivity index (χ0n) is 21.4. The Hall–Kier alpha value is -3.98. The maximum atomic E-state index is 13.5. The third kappa shape index (κ3) is 5.59. The number of amides is 1. The maximum Gasteiger partial charge on any atom is 0.260 e. The van der Waals surface area contributed by atoms with Crippen molar-refractivity contribution in [2.24, 2.45) is 0 Å². The first-order valence-electron chi connectivity index (χ1n) is 13.1. The number of fused-ring (bicyclic) bond motifs is 1. The number of nitrogens with zero attached hydrogens (tertiary/aromatic N) is 6. The van der Waals surface area contributed by atoms with Crippen molar-refractivity contribution in [1.29, 1.82) is 0 Å². The topological polar surface area (TPSA) is 74.7 Å². The summed E-state index contributed by atoms with van der Waals surface area (Å²) in [7, 11) is 0. The van der Waals surface area contributed by atoms with Crippen LogP contribution in [0.2, 0.25) is 5.02 Å². The zero-order valence-corrected chi connectivity index (χ0v) is 22.1. The molecule has 0 aliphatic carbocycles. The van der Waals surface area contributed by atoms with Gasteiger partial charge in [-0.25, -0.2) is 14.4 Å². The van der Waals surface area contributed by atoms with E-state index < -0.39 is 0 Å². The van der Waals surface area contributed by atoms with E-state index in [1.807, 2.05) is 17.0 Å². The zero-order chi connectivity index (χ0) is 26.8. The summed E-state index contributed by atoms with van der Waals surface area (Å²) in [6.07, 6.45) is 2.24. The van der Waals surface area contributed by atoms with Gasteiger partial charge >= 0.3 is 0 Å². The molecule has 2 aromatic heterocycles. The van der Waals surface area contributed by atoms with Gasteiger partial charge in [0, 0.05) is 49.9 Å². The van der Waals surface area contributed by atoms with Crippen molar-refractivity contribution >= 4 is 40.3 Å². The van der Waals surface area contributed by atoms with Crippen LogP contribution in [0.5, 0.6) is 5.75 Å². The maximum absolute atomic E-state index is 13.5. The Morgan fingerprint density at radius 3 is 2.26 bits per heavy atom. The van der Waals surface area contributed by atoms with Gasteiger partial charge in [0.1, 0.15) is 17.1 Å². The highest BCUT2D eigenvalue weighted by Crippen LogP contribution is 2.30. The lowest BCUT2D eigenvalue weighted by atomic mass is 10.1. The van der Waals surface area contributed by atoms with Crippen LogP contribution in [0.3, 0.4) is 0 Å². The van der Waals surface area contributed by atoms with Gasteiger partial charge < -0.3 is 19.4 Å². The van der Waals surface area contributed by atoms with Crippen LogP contribution in [0.25, 0.3) is 22.3 Å². The Morgan fingerprint density at radius 2 is 1.54 bits per heavy atom. The Morgan fingerprint density at radius 1 is 0.821 bits per heavy atom. The van der Waals surface area contributed by atoms with Crippen molar-refractivity contribution in [3.8, 4) is 17.0 Å². The first-order valence-corrected chi connectivity index (χ1v) is 13.5. The predicted octanol–water partition coefficient (Wildman–Crippen LogP) is 4.81. The second-order valence-corrected chi connectivity index (χ2v) is 10.2. The first-order chi connectivity index (χ1) is 19.0. The lowest BCUT2D eigenvalue weighted by Crippen LogP contribution is -2.50. The molecule has 2 saturated heterocycles. The van der Waals surface area contributed by atoms with E-state index in [0.29, 0.717) is 48.4 Å². The highest BCUT2D eigenvalue weighted by Gasteiger charge is 2.26. The lowest BCUT2D eigenvalue weighted by Gasteiger charge is -2.36. The average Bonchev–Trinajstić information content (AvgIpc) is 3.52. The molecule has 4 heterocycles. The summed E-state index contributed by atoms with van der Waals surface area (Å²) in [4.78, 5) is 33.8. The molecule has 8 nitrogen and oxygen atoms in total. The fourth-order valence-electron chi connectivity index (χ4n) is 4.98. The third-order valence-corrected chi connectivity index (χ3v) is 7.40. The summed E-state index contributed by atoms with van der Waals surface area (Å²) < 4.78 is 19.2. The van der Waals surface area contributed by atoms with Gasteiger partial charge in [0.25, 0.3) is 5.91 Å². The molecule has 2 fully saturated rings. The van der Waals surface area contributed by atoms with Gasteiger partial charge in [-0.05, 0) is 73.5 Å². The summed E-state index contributed by atoms with van der Waals surface area (Å²) in [5, 5.41) is 0.620. The SMILES string of the molecule is O=C(COc1ccc(Cl)cc1)N1CCN(c2nc(N3CCCC3)nc3ccc(-c4ccc(F)cc4)nc23)CC1. The number of anilines is 2. The number of hydrogen-bond donors (Lipinski definition) is 0. The van der Waals surface area contributed by atoms with Crippen molar-refractivity contribution in [2.45, 2.75) is 12.8 Å². The van der Waals surface area contributed by atoms with Gasteiger partial charge in [-0.3, -0.25) is 4.79 Å². The number of benzene rings is 2. The van der Waals surface area contributed by atoms with Crippen LogP contribution in [0, 0.1) is 5.82 Å². The molecule has 10 heteroatoms. The molecule has 2 aromatic carbocycles. The quantitative estimate of drug-likeness (QED) is 0.343. The van der Waals surface area contributed by atoms with Crippen molar-refractivity contribution in [3.63, 3.8) is 0 Å². The largest absolute Gasteiger partial charge is 0.484 e. The molecule has 2 aliphatic rings. The van der Waals surface area contributed by atoms with Crippen LogP contribution in [0.15, 0.2) is 60.7 Å². The monoisotopic (exact) mass is 546 g/mol.